The van der Waals surface area contributed by atoms with Crippen LogP contribution in [0.4, 0.5) is 0 Å². The summed E-state index contributed by atoms with van der Waals surface area (Å²) in [6.07, 6.45) is 0. The third kappa shape index (κ3) is 2.78. The number of benzene rings is 1. The average molecular weight is 340 g/mol. The molecule has 0 amide bonds. The van der Waals surface area contributed by atoms with Gasteiger partial charge in [-0.2, -0.15) is 0 Å². The molecule has 1 aromatic heterocycles. The molecule has 0 bridgehead atoms. The predicted octanol–water partition coefficient (Wildman–Crippen LogP) is 4.09. The number of nitrogens with one attached hydrogen (secondary N) is 1. The van der Waals surface area contributed by atoms with Crippen molar-refractivity contribution in [3.8, 4) is 11.5 Å². The fourth-order valence-corrected chi connectivity index (χ4v) is 3.39. The third-order valence-electron chi connectivity index (χ3n) is 3.07. The Morgan fingerprint density at radius 1 is 1.42 bits per heavy atom. The lowest BCUT2D eigenvalue weighted by molar-refractivity contribution is 0.173. The lowest BCUT2D eigenvalue weighted by Gasteiger charge is -2.12. The van der Waals surface area contributed by atoms with Crippen molar-refractivity contribution in [2.45, 2.75) is 19.5 Å². The fraction of sp³-hybridized carbons (Fsp3) is 0.286. The van der Waals surface area contributed by atoms with Crippen LogP contribution < -0.4 is 14.8 Å². The molecule has 0 radical (unpaired) electrons. The molecule has 1 atom stereocenters. The highest BCUT2D eigenvalue weighted by molar-refractivity contribution is 9.10. The normalized spacial score (nSPS) is 14.6. The van der Waals surface area contributed by atoms with Gasteiger partial charge in [-0.3, -0.25) is 0 Å². The number of fused-ring (bicyclic) bond motifs is 1. The number of thiophene rings is 1. The first-order chi connectivity index (χ1) is 9.24. The van der Waals surface area contributed by atoms with Crippen LogP contribution in [-0.4, -0.2) is 6.79 Å². The Balaban J connectivity index is 1.69. The number of hydrogen-bond acceptors (Lipinski definition) is 4. The second kappa shape index (κ2) is 5.53. The zero-order valence-corrected chi connectivity index (χ0v) is 12.9. The highest BCUT2D eigenvalue weighted by Crippen LogP contribution is 2.40. The molecule has 0 spiro atoms. The molecular weight excluding hydrogens is 326 g/mol. The maximum absolute atomic E-state index is 5.42. The zero-order chi connectivity index (χ0) is 13.2. The molecule has 1 aliphatic rings. The van der Waals surface area contributed by atoms with Crippen LogP contribution >= 0.6 is 27.3 Å². The monoisotopic (exact) mass is 339 g/mol. The first-order valence-corrected chi connectivity index (χ1v) is 7.76. The molecule has 1 N–H and O–H groups in total. The fourth-order valence-electron chi connectivity index (χ4n) is 2.03. The number of halogens is 1. The van der Waals surface area contributed by atoms with Gasteiger partial charge in [0.2, 0.25) is 6.79 Å². The van der Waals surface area contributed by atoms with Gasteiger partial charge in [0.1, 0.15) is 0 Å². The lowest BCUT2D eigenvalue weighted by atomic mass is 10.2. The lowest BCUT2D eigenvalue weighted by Crippen LogP contribution is -2.17. The minimum Gasteiger partial charge on any atom is -0.454 e. The van der Waals surface area contributed by atoms with Crippen LogP contribution in [-0.2, 0) is 6.54 Å². The van der Waals surface area contributed by atoms with Crippen LogP contribution in [0.2, 0.25) is 0 Å². The van der Waals surface area contributed by atoms with Gasteiger partial charge in [0.15, 0.2) is 11.5 Å². The third-order valence-corrected chi connectivity index (χ3v) is 4.71. The second-order valence-electron chi connectivity index (χ2n) is 4.43. The molecular formula is C14H14BrNO2S. The van der Waals surface area contributed by atoms with E-state index in [0.717, 1.165) is 22.5 Å². The molecule has 0 saturated heterocycles. The van der Waals surface area contributed by atoms with E-state index in [1.54, 1.807) is 11.3 Å². The summed E-state index contributed by atoms with van der Waals surface area (Å²) in [5.41, 5.74) is 1.18. The Hall–Kier alpha value is -1.04. The summed E-state index contributed by atoms with van der Waals surface area (Å²) < 4.78 is 11.7. The molecule has 3 rings (SSSR count). The number of ether oxygens (including phenoxy) is 2. The van der Waals surface area contributed by atoms with Crippen molar-refractivity contribution >= 4 is 27.3 Å². The van der Waals surface area contributed by atoms with Crippen molar-refractivity contribution in [2.75, 3.05) is 6.79 Å². The molecule has 0 aliphatic carbocycles. The van der Waals surface area contributed by atoms with Crippen LogP contribution in [0, 0.1) is 0 Å². The highest BCUT2D eigenvalue weighted by Gasteiger charge is 2.18. The second-order valence-corrected chi connectivity index (χ2v) is 6.26. The quantitative estimate of drug-likeness (QED) is 0.909. The van der Waals surface area contributed by atoms with E-state index >= 15 is 0 Å². The molecule has 0 fully saturated rings. The van der Waals surface area contributed by atoms with Crippen molar-refractivity contribution in [2.24, 2.45) is 0 Å². The van der Waals surface area contributed by atoms with E-state index in [1.807, 2.05) is 6.07 Å². The van der Waals surface area contributed by atoms with E-state index < -0.39 is 0 Å². The SMILES string of the molecule is C[C@H](NCc1cc(Br)c2c(c1)OCO2)c1cccs1. The maximum atomic E-state index is 5.42. The van der Waals surface area contributed by atoms with Gasteiger partial charge in [0.05, 0.1) is 4.47 Å². The van der Waals surface area contributed by atoms with Crippen LogP contribution in [0.3, 0.4) is 0 Å². The van der Waals surface area contributed by atoms with E-state index in [1.165, 1.54) is 10.4 Å². The van der Waals surface area contributed by atoms with Gasteiger partial charge in [0.25, 0.3) is 0 Å². The average Bonchev–Trinajstić information content (AvgIpc) is 3.06. The van der Waals surface area contributed by atoms with Gasteiger partial charge >= 0.3 is 0 Å². The molecule has 2 heterocycles. The molecule has 3 nitrogen and oxygen atoms in total. The summed E-state index contributed by atoms with van der Waals surface area (Å²) in [4.78, 5) is 1.35. The predicted molar refractivity (Wildman–Crippen MR) is 79.8 cm³/mol. The van der Waals surface area contributed by atoms with Crippen LogP contribution in [0.25, 0.3) is 0 Å². The maximum Gasteiger partial charge on any atom is 0.231 e. The van der Waals surface area contributed by atoms with Crippen molar-refractivity contribution in [3.05, 3.63) is 44.6 Å². The molecule has 19 heavy (non-hydrogen) atoms. The Kier molecular flexibility index (Phi) is 3.77. The van der Waals surface area contributed by atoms with Crippen LogP contribution in [0.5, 0.6) is 11.5 Å². The van der Waals surface area contributed by atoms with Gasteiger partial charge in [-0.05, 0) is 52.0 Å². The summed E-state index contributed by atoms with van der Waals surface area (Å²) in [5, 5.41) is 5.61. The van der Waals surface area contributed by atoms with E-state index in [4.69, 9.17) is 9.47 Å². The first-order valence-electron chi connectivity index (χ1n) is 6.09. The molecule has 2 aromatic rings. The van der Waals surface area contributed by atoms with Gasteiger partial charge < -0.3 is 14.8 Å². The van der Waals surface area contributed by atoms with Gasteiger partial charge in [0, 0.05) is 17.5 Å². The minimum atomic E-state index is 0.302. The largest absolute Gasteiger partial charge is 0.454 e. The van der Waals surface area contributed by atoms with Crippen molar-refractivity contribution < 1.29 is 9.47 Å². The molecule has 1 aromatic carbocycles. The number of hydrogen-bond donors (Lipinski definition) is 1. The summed E-state index contributed by atoms with van der Waals surface area (Å²) >= 11 is 5.29. The summed E-state index contributed by atoms with van der Waals surface area (Å²) in [7, 11) is 0. The first kappa shape index (κ1) is 13.0. The van der Waals surface area contributed by atoms with Gasteiger partial charge in [-0.1, -0.05) is 6.07 Å². The van der Waals surface area contributed by atoms with Crippen LogP contribution in [0.15, 0.2) is 34.1 Å². The Morgan fingerprint density at radius 3 is 3.11 bits per heavy atom. The van der Waals surface area contributed by atoms with Crippen molar-refractivity contribution in [1.82, 2.24) is 5.32 Å². The summed E-state index contributed by atoms with van der Waals surface area (Å²) in [6.45, 7) is 3.28. The van der Waals surface area contributed by atoms with E-state index in [-0.39, 0.29) is 0 Å². The summed E-state index contributed by atoms with van der Waals surface area (Å²) in [5.74, 6) is 1.62. The standard InChI is InChI=1S/C14H14BrNO2S/c1-9(13-3-2-4-19-13)16-7-10-5-11(15)14-12(6-10)17-8-18-14/h2-6,9,16H,7-8H2,1H3/t9-/m0/s1. The highest BCUT2D eigenvalue weighted by atomic mass is 79.9. The summed E-state index contributed by atoms with van der Waals surface area (Å²) in [6, 6.07) is 8.68. The smallest absolute Gasteiger partial charge is 0.231 e. The van der Waals surface area contributed by atoms with Gasteiger partial charge in [-0.15, -0.1) is 11.3 Å². The van der Waals surface area contributed by atoms with E-state index in [9.17, 15) is 0 Å². The Bertz CT molecular complexity index is 571. The van der Waals surface area contributed by atoms with Gasteiger partial charge in [-0.25, -0.2) is 0 Å². The molecule has 5 heteroatoms. The Morgan fingerprint density at radius 2 is 2.32 bits per heavy atom. The van der Waals surface area contributed by atoms with Crippen molar-refractivity contribution in [3.63, 3.8) is 0 Å². The minimum absolute atomic E-state index is 0.302. The zero-order valence-electron chi connectivity index (χ0n) is 10.5. The molecule has 1 aliphatic heterocycles. The van der Waals surface area contributed by atoms with E-state index in [2.05, 4.69) is 51.7 Å². The number of rotatable bonds is 4. The molecule has 0 unspecified atom stereocenters. The molecule has 100 valence electrons. The Labute approximate surface area is 124 Å². The van der Waals surface area contributed by atoms with Crippen molar-refractivity contribution in [1.29, 1.82) is 0 Å². The van der Waals surface area contributed by atoms with E-state index in [0.29, 0.717) is 12.8 Å². The molecule has 0 saturated carbocycles. The van der Waals surface area contributed by atoms with Crippen LogP contribution in [0.1, 0.15) is 23.4 Å². The topological polar surface area (TPSA) is 30.5 Å².